The minimum atomic E-state index is -0.914. The fourth-order valence-electron chi connectivity index (χ4n) is 1.80. The second-order valence-corrected chi connectivity index (χ2v) is 8.35. The standard InChI is InChI=1S/C18H28O2Si/c1-16(9-8-10-17(2)14-20-21(3)4)13-19-15-18-11-6-5-7-12-18/h5-7,11-12,16-17,21H,9,13-15H2,1-4H3/t16-,17-/m1/s1. The molecular formula is C18H28O2Si. The number of rotatable bonds is 8. The molecule has 2 atom stereocenters. The van der Waals surface area contributed by atoms with Gasteiger partial charge in [0.15, 0.2) is 9.04 Å². The van der Waals surface area contributed by atoms with Crippen LogP contribution >= 0.6 is 0 Å². The Hall–Kier alpha value is -1.08. The number of hydrogen-bond donors (Lipinski definition) is 0. The van der Waals surface area contributed by atoms with Crippen LogP contribution in [0.2, 0.25) is 13.1 Å². The van der Waals surface area contributed by atoms with Crippen molar-refractivity contribution in [2.75, 3.05) is 13.2 Å². The summed E-state index contributed by atoms with van der Waals surface area (Å²) in [5.41, 5.74) is 1.22. The van der Waals surface area contributed by atoms with Gasteiger partial charge in [-0.1, -0.05) is 43.2 Å². The lowest BCUT2D eigenvalue weighted by Gasteiger charge is -2.10. The van der Waals surface area contributed by atoms with Crippen LogP contribution in [0.4, 0.5) is 0 Å². The number of ether oxygens (including phenoxy) is 1. The van der Waals surface area contributed by atoms with Crippen LogP contribution < -0.4 is 0 Å². The summed E-state index contributed by atoms with van der Waals surface area (Å²) < 4.78 is 11.4. The zero-order valence-electron chi connectivity index (χ0n) is 13.8. The van der Waals surface area contributed by atoms with E-state index in [1.54, 1.807) is 0 Å². The van der Waals surface area contributed by atoms with E-state index in [1.807, 2.05) is 18.2 Å². The van der Waals surface area contributed by atoms with E-state index in [0.717, 1.165) is 19.6 Å². The Labute approximate surface area is 131 Å². The molecule has 21 heavy (non-hydrogen) atoms. The third-order valence-electron chi connectivity index (χ3n) is 2.99. The van der Waals surface area contributed by atoms with E-state index in [1.165, 1.54) is 5.56 Å². The summed E-state index contributed by atoms with van der Waals surface area (Å²) >= 11 is 0. The lowest BCUT2D eigenvalue weighted by molar-refractivity contribution is 0.0935. The van der Waals surface area contributed by atoms with Crippen LogP contribution in [0.1, 0.15) is 25.8 Å². The molecule has 0 N–H and O–H groups in total. The minimum absolute atomic E-state index is 0.331. The molecule has 3 heteroatoms. The van der Waals surface area contributed by atoms with Crippen LogP contribution in [0.3, 0.4) is 0 Å². The average Bonchev–Trinajstić information content (AvgIpc) is 2.46. The molecule has 0 saturated heterocycles. The van der Waals surface area contributed by atoms with E-state index in [9.17, 15) is 0 Å². The molecule has 0 aliphatic heterocycles. The molecule has 0 radical (unpaired) electrons. The van der Waals surface area contributed by atoms with Crippen molar-refractivity contribution in [3.05, 3.63) is 35.9 Å². The van der Waals surface area contributed by atoms with Crippen molar-refractivity contribution in [3.63, 3.8) is 0 Å². The van der Waals surface area contributed by atoms with Gasteiger partial charge < -0.3 is 9.16 Å². The van der Waals surface area contributed by atoms with Crippen LogP contribution in [-0.2, 0) is 15.8 Å². The van der Waals surface area contributed by atoms with Gasteiger partial charge in [0.05, 0.1) is 13.2 Å². The Morgan fingerprint density at radius 3 is 2.48 bits per heavy atom. The molecule has 0 unspecified atom stereocenters. The number of benzene rings is 1. The third kappa shape index (κ3) is 9.46. The fraction of sp³-hybridized carbons (Fsp3) is 0.556. The van der Waals surface area contributed by atoms with Gasteiger partial charge in [0.25, 0.3) is 0 Å². The van der Waals surface area contributed by atoms with E-state index in [2.05, 4.69) is 50.9 Å². The smallest absolute Gasteiger partial charge is 0.170 e. The zero-order chi connectivity index (χ0) is 15.5. The highest BCUT2D eigenvalue weighted by atomic mass is 28.3. The molecule has 0 bridgehead atoms. The summed E-state index contributed by atoms with van der Waals surface area (Å²) in [5, 5.41) is 0. The minimum Gasteiger partial charge on any atom is -0.419 e. The number of hydrogen-bond acceptors (Lipinski definition) is 2. The summed E-state index contributed by atoms with van der Waals surface area (Å²) in [7, 11) is -0.914. The maximum Gasteiger partial charge on any atom is 0.170 e. The monoisotopic (exact) mass is 304 g/mol. The normalized spacial score (nSPS) is 13.6. The predicted molar refractivity (Wildman–Crippen MR) is 91.6 cm³/mol. The molecule has 1 aromatic rings. The van der Waals surface area contributed by atoms with Crippen molar-refractivity contribution in [3.8, 4) is 11.8 Å². The summed E-state index contributed by atoms with van der Waals surface area (Å²) in [6, 6.07) is 10.3. The van der Waals surface area contributed by atoms with Gasteiger partial charge in [-0.2, -0.15) is 0 Å². The molecule has 1 aromatic carbocycles. The summed E-state index contributed by atoms with van der Waals surface area (Å²) in [4.78, 5) is 0. The Morgan fingerprint density at radius 1 is 1.10 bits per heavy atom. The average molecular weight is 305 g/mol. The van der Waals surface area contributed by atoms with Crippen molar-refractivity contribution in [2.45, 2.75) is 40.0 Å². The SMILES string of the molecule is C[C@H](CC#C[C@@H](C)CO[SiH](C)C)COCc1ccccc1. The molecule has 0 saturated carbocycles. The van der Waals surface area contributed by atoms with Crippen LogP contribution in [-0.4, -0.2) is 22.3 Å². The molecule has 0 fully saturated rings. The van der Waals surface area contributed by atoms with Crippen molar-refractivity contribution in [1.82, 2.24) is 0 Å². The van der Waals surface area contributed by atoms with E-state index in [0.29, 0.717) is 18.4 Å². The lowest BCUT2D eigenvalue weighted by Crippen LogP contribution is -2.13. The van der Waals surface area contributed by atoms with Crippen molar-refractivity contribution in [2.24, 2.45) is 11.8 Å². The Morgan fingerprint density at radius 2 is 1.81 bits per heavy atom. The molecule has 0 amide bonds. The van der Waals surface area contributed by atoms with Gasteiger partial charge in [0.2, 0.25) is 0 Å². The molecule has 2 nitrogen and oxygen atoms in total. The lowest BCUT2D eigenvalue weighted by atomic mass is 10.1. The van der Waals surface area contributed by atoms with Gasteiger partial charge >= 0.3 is 0 Å². The molecule has 1 rings (SSSR count). The van der Waals surface area contributed by atoms with Gasteiger partial charge in [-0.3, -0.25) is 0 Å². The molecular weight excluding hydrogens is 276 g/mol. The molecule has 0 heterocycles. The van der Waals surface area contributed by atoms with E-state index in [-0.39, 0.29) is 0 Å². The van der Waals surface area contributed by atoms with Crippen molar-refractivity contribution in [1.29, 1.82) is 0 Å². The molecule has 0 spiro atoms. The topological polar surface area (TPSA) is 18.5 Å². The molecule has 116 valence electrons. The predicted octanol–water partition coefficient (Wildman–Crippen LogP) is 3.87. The largest absolute Gasteiger partial charge is 0.419 e. The summed E-state index contributed by atoms with van der Waals surface area (Å²) in [5.74, 6) is 7.33. The quantitative estimate of drug-likeness (QED) is 0.536. The maximum atomic E-state index is 5.73. The van der Waals surface area contributed by atoms with E-state index < -0.39 is 9.04 Å². The van der Waals surface area contributed by atoms with Crippen LogP contribution in [0.5, 0.6) is 0 Å². The molecule has 0 aliphatic rings. The Kier molecular flexibility index (Phi) is 9.08. The van der Waals surface area contributed by atoms with Gasteiger partial charge in [0, 0.05) is 18.9 Å². The highest BCUT2D eigenvalue weighted by molar-refractivity contribution is 6.48. The van der Waals surface area contributed by atoms with Crippen LogP contribution in [0.15, 0.2) is 30.3 Å². The fourth-order valence-corrected chi connectivity index (χ4v) is 2.47. The Bertz CT molecular complexity index is 434. The first-order valence-electron chi connectivity index (χ1n) is 7.79. The maximum absolute atomic E-state index is 5.73. The van der Waals surface area contributed by atoms with Crippen molar-refractivity contribution < 1.29 is 9.16 Å². The highest BCUT2D eigenvalue weighted by Crippen LogP contribution is 2.06. The second-order valence-electron chi connectivity index (χ2n) is 5.91. The van der Waals surface area contributed by atoms with Gasteiger partial charge in [-0.05, 0) is 31.5 Å². The van der Waals surface area contributed by atoms with Gasteiger partial charge in [0.1, 0.15) is 0 Å². The van der Waals surface area contributed by atoms with Crippen molar-refractivity contribution >= 4 is 9.04 Å². The second kappa shape index (κ2) is 10.6. The molecule has 0 aromatic heterocycles. The zero-order valence-corrected chi connectivity index (χ0v) is 14.9. The van der Waals surface area contributed by atoms with E-state index in [4.69, 9.17) is 9.16 Å². The van der Waals surface area contributed by atoms with Crippen LogP contribution in [0.25, 0.3) is 0 Å². The Balaban J connectivity index is 2.15. The first kappa shape index (κ1) is 18.0. The first-order valence-corrected chi connectivity index (χ1v) is 10.6. The van der Waals surface area contributed by atoms with Gasteiger partial charge in [-0.25, -0.2) is 0 Å². The van der Waals surface area contributed by atoms with Crippen LogP contribution in [0, 0.1) is 23.7 Å². The summed E-state index contributed by atoms with van der Waals surface area (Å²) in [6.07, 6.45) is 0.887. The van der Waals surface area contributed by atoms with Gasteiger partial charge in [-0.15, -0.1) is 5.92 Å². The van der Waals surface area contributed by atoms with E-state index >= 15 is 0 Å². The summed E-state index contributed by atoms with van der Waals surface area (Å²) in [6.45, 7) is 10.9. The third-order valence-corrected chi connectivity index (χ3v) is 3.85. The molecule has 0 aliphatic carbocycles. The highest BCUT2D eigenvalue weighted by Gasteiger charge is 2.02. The first-order chi connectivity index (χ1) is 10.1.